The SMILES string of the molecule is CCCC(C)C(Cl)c1ccc2c(c1)NC(=O)CO2. The first-order valence-electron chi connectivity index (χ1n) is 6.32. The number of rotatable bonds is 4. The Morgan fingerprint density at radius 1 is 1.50 bits per heavy atom. The van der Waals surface area contributed by atoms with E-state index in [1.807, 2.05) is 18.2 Å². The molecule has 0 saturated heterocycles. The molecular formula is C14H18ClNO2. The Morgan fingerprint density at radius 3 is 3.00 bits per heavy atom. The van der Waals surface area contributed by atoms with Crippen molar-refractivity contribution in [2.45, 2.75) is 32.1 Å². The van der Waals surface area contributed by atoms with Crippen LogP contribution >= 0.6 is 11.6 Å². The first-order valence-corrected chi connectivity index (χ1v) is 6.76. The fourth-order valence-electron chi connectivity index (χ4n) is 2.20. The quantitative estimate of drug-likeness (QED) is 0.844. The first kappa shape index (κ1) is 13.2. The Morgan fingerprint density at radius 2 is 2.28 bits per heavy atom. The summed E-state index contributed by atoms with van der Waals surface area (Å²) >= 11 is 6.46. The second-order valence-corrected chi connectivity index (χ2v) is 5.23. The molecular weight excluding hydrogens is 250 g/mol. The van der Waals surface area contributed by atoms with Crippen molar-refractivity contribution < 1.29 is 9.53 Å². The van der Waals surface area contributed by atoms with Gasteiger partial charge in [-0.2, -0.15) is 0 Å². The summed E-state index contributed by atoms with van der Waals surface area (Å²) in [6.07, 6.45) is 2.21. The van der Waals surface area contributed by atoms with Crippen LogP contribution in [0.5, 0.6) is 5.75 Å². The van der Waals surface area contributed by atoms with Crippen LogP contribution in [0.4, 0.5) is 5.69 Å². The molecule has 1 amide bonds. The highest BCUT2D eigenvalue weighted by molar-refractivity contribution is 6.21. The van der Waals surface area contributed by atoms with E-state index in [1.165, 1.54) is 0 Å². The van der Waals surface area contributed by atoms with E-state index in [0.717, 1.165) is 24.1 Å². The second-order valence-electron chi connectivity index (χ2n) is 4.76. The highest BCUT2D eigenvalue weighted by Gasteiger charge is 2.20. The van der Waals surface area contributed by atoms with Crippen LogP contribution < -0.4 is 10.1 Å². The van der Waals surface area contributed by atoms with E-state index in [1.54, 1.807) is 0 Å². The molecule has 0 fully saturated rings. The number of amides is 1. The number of nitrogens with one attached hydrogen (secondary N) is 1. The summed E-state index contributed by atoms with van der Waals surface area (Å²) in [6, 6.07) is 5.76. The fourth-order valence-corrected chi connectivity index (χ4v) is 2.46. The van der Waals surface area contributed by atoms with Crippen molar-refractivity contribution >= 4 is 23.2 Å². The molecule has 2 rings (SSSR count). The molecule has 1 aliphatic rings. The van der Waals surface area contributed by atoms with E-state index in [-0.39, 0.29) is 17.9 Å². The van der Waals surface area contributed by atoms with Gasteiger partial charge in [-0.1, -0.05) is 26.3 Å². The smallest absolute Gasteiger partial charge is 0.262 e. The Labute approximate surface area is 112 Å². The molecule has 1 aliphatic heterocycles. The summed E-state index contributed by atoms with van der Waals surface area (Å²) in [7, 11) is 0. The molecule has 0 saturated carbocycles. The molecule has 18 heavy (non-hydrogen) atoms. The molecule has 1 aromatic rings. The van der Waals surface area contributed by atoms with E-state index in [9.17, 15) is 4.79 Å². The van der Waals surface area contributed by atoms with E-state index >= 15 is 0 Å². The van der Waals surface area contributed by atoms with Gasteiger partial charge in [-0.25, -0.2) is 0 Å². The van der Waals surface area contributed by atoms with Crippen LogP contribution in [0.2, 0.25) is 0 Å². The molecule has 0 aromatic heterocycles. The lowest BCUT2D eigenvalue weighted by Gasteiger charge is -2.22. The monoisotopic (exact) mass is 267 g/mol. The maximum atomic E-state index is 11.3. The summed E-state index contributed by atoms with van der Waals surface area (Å²) in [5.74, 6) is 1.01. The number of alkyl halides is 1. The van der Waals surface area contributed by atoms with Gasteiger partial charge >= 0.3 is 0 Å². The largest absolute Gasteiger partial charge is 0.482 e. The zero-order valence-corrected chi connectivity index (χ0v) is 11.5. The number of fused-ring (bicyclic) bond motifs is 1. The van der Waals surface area contributed by atoms with Gasteiger partial charge in [0.1, 0.15) is 5.75 Å². The summed E-state index contributed by atoms with van der Waals surface area (Å²) in [5, 5.41) is 2.77. The van der Waals surface area contributed by atoms with E-state index in [4.69, 9.17) is 16.3 Å². The van der Waals surface area contributed by atoms with Crippen molar-refractivity contribution in [1.82, 2.24) is 0 Å². The molecule has 0 bridgehead atoms. The highest BCUT2D eigenvalue weighted by Crippen LogP contribution is 2.36. The maximum absolute atomic E-state index is 11.3. The van der Waals surface area contributed by atoms with Crippen LogP contribution in [-0.2, 0) is 4.79 Å². The molecule has 1 heterocycles. The molecule has 98 valence electrons. The van der Waals surface area contributed by atoms with Gasteiger partial charge in [-0.05, 0) is 30.0 Å². The number of benzene rings is 1. The minimum absolute atomic E-state index is 0.0333. The molecule has 4 heteroatoms. The van der Waals surface area contributed by atoms with Gasteiger partial charge in [-0.15, -0.1) is 11.6 Å². The average Bonchev–Trinajstić information content (AvgIpc) is 2.37. The summed E-state index contributed by atoms with van der Waals surface area (Å²) in [5.41, 5.74) is 1.75. The van der Waals surface area contributed by atoms with Gasteiger partial charge < -0.3 is 10.1 Å². The lowest BCUT2D eigenvalue weighted by molar-refractivity contribution is -0.118. The number of hydrogen-bond donors (Lipinski definition) is 1. The number of anilines is 1. The molecule has 0 radical (unpaired) electrons. The molecule has 2 unspecified atom stereocenters. The highest BCUT2D eigenvalue weighted by atomic mass is 35.5. The number of carbonyl (C=O) groups excluding carboxylic acids is 1. The van der Waals surface area contributed by atoms with E-state index in [2.05, 4.69) is 19.2 Å². The standard InChI is InChI=1S/C14H18ClNO2/c1-3-4-9(2)14(15)10-5-6-12-11(7-10)16-13(17)8-18-12/h5-7,9,14H,3-4,8H2,1-2H3,(H,16,17). The zero-order chi connectivity index (χ0) is 13.1. The van der Waals surface area contributed by atoms with Crippen LogP contribution in [0.15, 0.2) is 18.2 Å². The summed E-state index contributed by atoms with van der Waals surface area (Å²) < 4.78 is 5.32. The van der Waals surface area contributed by atoms with Gasteiger partial charge in [0.15, 0.2) is 6.61 Å². The van der Waals surface area contributed by atoms with Crippen molar-refractivity contribution in [3.63, 3.8) is 0 Å². The van der Waals surface area contributed by atoms with Gasteiger partial charge in [0.2, 0.25) is 0 Å². The lowest BCUT2D eigenvalue weighted by Crippen LogP contribution is -2.25. The first-order chi connectivity index (χ1) is 8.61. The molecule has 0 spiro atoms. The summed E-state index contributed by atoms with van der Waals surface area (Å²) in [4.78, 5) is 11.3. The molecule has 0 aliphatic carbocycles. The van der Waals surface area contributed by atoms with Crippen LogP contribution in [-0.4, -0.2) is 12.5 Å². The second kappa shape index (κ2) is 5.61. The number of carbonyl (C=O) groups is 1. The minimum Gasteiger partial charge on any atom is -0.482 e. The third kappa shape index (κ3) is 2.78. The van der Waals surface area contributed by atoms with Crippen molar-refractivity contribution in [2.75, 3.05) is 11.9 Å². The summed E-state index contributed by atoms with van der Waals surface area (Å²) in [6.45, 7) is 4.39. The van der Waals surface area contributed by atoms with Crippen LogP contribution in [0.25, 0.3) is 0 Å². The van der Waals surface area contributed by atoms with Gasteiger partial charge in [-0.3, -0.25) is 4.79 Å². The van der Waals surface area contributed by atoms with Gasteiger partial charge in [0, 0.05) is 0 Å². The minimum atomic E-state index is -0.118. The third-order valence-corrected chi connectivity index (χ3v) is 3.88. The molecule has 1 N–H and O–H groups in total. The van der Waals surface area contributed by atoms with Crippen molar-refractivity contribution in [1.29, 1.82) is 0 Å². The average molecular weight is 268 g/mol. The molecule has 2 atom stereocenters. The van der Waals surface area contributed by atoms with Crippen molar-refractivity contribution in [3.05, 3.63) is 23.8 Å². The predicted molar refractivity (Wildman–Crippen MR) is 73.2 cm³/mol. The predicted octanol–water partition coefficient (Wildman–Crippen LogP) is 3.73. The zero-order valence-electron chi connectivity index (χ0n) is 10.7. The topological polar surface area (TPSA) is 38.3 Å². The number of ether oxygens (including phenoxy) is 1. The fraction of sp³-hybridized carbons (Fsp3) is 0.500. The Kier molecular flexibility index (Phi) is 4.12. The maximum Gasteiger partial charge on any atom is 0.262 e. The Bertz CT molecular complexity index is 447. The van der Waals surface area contributed by atoms with Crippen LogP contribution in [0.1, 0.15) is 37.6 Å². The molecule has 3 nitrogen and oxygen atoms in total. The third-order valence-electron chi connectivity index (χ3n) is 3.20. The van der Waals surface area contributed by atoms with E-state index in [0.29, 0.717) is 11.7 Å². The van der Waals surface area contributed by atoms with Gasteiger partial charge in [0.25, 0.3) is 5.91 Å². The Hall–Kier alpha value is -1.22. The Balaban J connectivity index is 2.20. The van der Waals surface area contributed by atoms with Crippen LogP contribution in [0.3, 0.4) is 0 Å². The van der Waals surface area contributed by atoms with Crippen molar-refractivity contribution in [3.8, 4) is 5.75 Å². The number of hydrogen-bond acceptors (Lipinski definition) is 2. The lowest BCUT2D eigenvalue weighted by atomic mass is 9.96. The van der Waals surface area contributed by atoms with Crippen molar-refractivity contribution in [2.24, 2.45) is 5.92 Å². The van der Waals surface area contributed by atoms with E-state index < -0.39 is 0 Å². The molecule has 1 aromatic carbocycles. The number of halogens is 1. The van der Waals surface area contributed by atoms with Crippen LogP contribution in [0, 0.1) is 5.92 Å². The van der Waals surface area contributed by atoms with Gasteiger partial charge in [0.05, 0.1) is 11.1 Å². The normalized spacial score (nSPS) is 17.4.